The maximum absolute atomic E-state index is 12.3. The molecule has 7 nitrogen and oxygen atoms in total. The first kappa shape index (κ1) is 53.2. The number of hydrogen-bond donors (Lipinski definition) is 1. The molecule has 278 valence electrons. The van der Waals surface area contributed by atoms with Crippen LogP contribution in [0.2, 0.25) is 0 Å². The van der Waals surface area contributed by atoms with Gasteiger partial charge in [0.1, 0.15) is 0 Å². The third kappa shape index (κ3) is 38.1. The van der Waals surface area contributed by atoms with Crippen molar-refractivity contribution in [1.82, 2.24) is 0 Å². The second kappa shape index (κ2) is 40.6. The van der Waals surface area contributed by atoms with E-state index in [0.29, 0.717) is 12.8 Å². The van der Waals surface area contributed by atoms with Crippen LogP contribution in [0, 0.1) is 0 Å². The summed E-state index contributed by atoms with van der Waals surface area (Å²) in [5.41, 5.74) is 0. The van der Waals surface area contributed by atoms with E-state index in [0.717, 1.165) is 32.1 Å². The number of esters is 2. The van der Waals surface area contributed by atoms with Gasteiger partial charge in [0.15, 0.2) is 5.25 Å². The van der Waals surface area contributed by atoms with Crippen LogP contribution in [0.15, 0.2) is 0 Å². The minimum atomic E-state index is -4.77. The van der Waals surface area contributed by atoms with E-state index in [-0.39, 0.29) is 72.3 Å². The van der Waals surface area contributed by atoms with Crippen LogP contribution in [0.3, 0.4) is 0 Å². The topological polar surface area (TPSA) is 107 Å². The summed E-state index contributed by atoms with van der Waals surface area (Å²) < 4.78 is 43.2. The predicted molar refractivity (Wildman–Crippen MR) is 206 cm³/mol. The van der Waals surface area contributed by atoms with Gasteiger partial charge in [-0.25, -0.2) is 0 Å². The summed E-state index contributed by atoms with van der Waals surface area (Å²) in [5, 5.41) is -1.93. The molecule has 0 aliphatic rings. The summed E-state index contributed by atoms with van der Waals surface area (Å²) >= 11 is 0. The van der Waals surface area contributed by atoms with Crippen molar-refractivity contribution in [3.8, 4) is 0 Å². The fourth-order valence-corrected chi connectivity index (χ4v) is 6.58. The molecule has 0 aromatic carbocycles. The second-order valence-corrected chi connectivity index (χ2v) is 15.1. The molecule has 0 rings (SSSR count). The van der Waals surface area contributed by atoms with E-state index >= 15 is 0 Å². The molecule has 0 saturated heterocycles. The molecule has 1 N–H and O–H groups in total. The zero-order valence-electron chi connectivity index (χ0n) is 30.2. The standard InChI is InChI=1S/C38H74O7S.2Na.2H/c1-3-5-7-9-11-13-15-17-19-20-22-24-26-28-30-32-34-45-38(40)36(46(41,42)43)35-37(39)44-33-31-29-27-25-23-21-18-16-14-12-10-8-6-4-2;;;;/h36H,3-35H2,1-2H3,(H,41,42,43);;;;. The quantitative estimate of drug-likeness (QED) is 0.0297. The van der Waals surface area contributed by atoms with Crippen LogP contribution in [0.5, 0.6) is 0 Å². The average Bonchev–Trinajstić information content (AvgIpc) is 3.02. The van der Waals surface area contributed by atoms with Gasteiger partial charge in [0.25, 0.3) is 10.1 Å². The van der Waals surface area contributed by atoms with Gasteiger partial charge in [-0.15, -0.1) is 0 Å². The molecule has 0 aromatic heterocycles. The number of unbranched alkanes of at least 4 members (excludes halogenated alkanes) is 28. The van der Waals surface area contributed by atoms with Crippen LogP contribution < -0.4 is 0 Å². The molecule has 0 aromatic rings. The van der Waals surface area contributed by atoms with Gasteiger partial charge in [-0.05, 0) is 12.8 Å². The van der Waals surface area contributed by atoms with Crippen LogP contribution in [-0.2, 0) is 29.2 Å². The van der Waals surface area contributed by atoms with Crippen LogP contribution in [0.4, 0.5) is 0 Å². The molecule has 0 saturated carbocycles. The Morgan fingerprint density at radius 1 is 0.458 bits per heavy atom. The van der Waals surface area contributed by atoms with Crippen molar-refractivity contribution in [2.45, 2.75) is 218 Å². The van der Waals surface area contributed by atoms with Crippen LogP contribution in [-0.4, -0.2) is 102 Å². The number of rotatable bonds is 36. The third-order valence-corrected chi connectivity index (χ3v) is 10.1. The van der Waals surface area contributed by atoms with Gasteiger partial charge in [-0.3, -0.25) is 14.1 Å². The van der Waals surface area contributed by atoms with Crippen molar-refractivity contribution in [2.75, 3.05) is 13.2 Å². The molecule has 48 heavy (non-hydrogen) atoms. The Balaban J connectivity index is -0.0000101. The predicted octanol–water partition coefficient (Wildman–Crippen LogP) is 10.2. The molecule has 0 aliphatic heterocycles. The van der Waals surface area contributed by atoms with Gasteiger partial charge in [0, 0.05) is 0 Å². The van der Waals surface area contributed by atoms with Gasteiger partial charge in [0.05, 0.1) is 19.6 Å². The molecule has 0 radical (unpaired) electrons. The summed E-state index contributed by atoms with van der Waals surface area (Å²) in [6.45, 7) is 4.77. The maximum atomic E-state index is 12.3. The monoisotopic (exact) mass is 723 g/mol. The molecule has 1 atom stereocenters. The van der Waals surface area contributed by atoms with Crippen LogP contribution in [0.1, 0.15) is 213 Å². The Kier molecular flexibility index (Phi) is 45.0. The molecule has 0 bridgehead atoms. The molecule has 10 heteroatoms. The number of ether oxygens (including phenoxy) is 2. The van der Waals surface area contributed by atoms with Crippen LogP contribution >= 0.6 is 0 Å². The third-order valence-electron chi connectivity index (χ3n) is 8.98. The molecular formula is C38H76Na2O7S. The Morgan fingerprint density at radius 3 is 0.979 bits per heavy atom. The molecule has 1 unspecified atom stereocenters. The van der Waals surface area contributed by atoms with E-state index in [1.54, 1.807) is 0 Å². The van der Waals surface area contributed by atoms with E-state index in [1.165, 1.54) is 148 Å². The van der Waals surface area contributed by atoms with Gasteiger partial charge in [0.2, 0.25) is 0 Å². The SMILES string of the molecule is CCCCCCCCCCCCCCCCCCOC(=O)C(CC(=O)OCCCCCCCCCCCCCCCC)S(=O)(=O)O.[NaH].[NaH]. The van der Waals surface area contributed by atoms with Crippen molar-refractivity contribution in [3.05, 3.63) is 0 Å². The Morgan fingerprint density at radius 2 is 0.708 bits per heavy atom. The summed E-state index contributed by atoms with van der Waals surface area (Å²) in [7, 11) is -4.77. The summed E-state index contributed by atoms with van der Waals surface area (Å²) in [4.78, 5) is 24.5. The summed E-state index contributed by atoms with van der Waals surface area (Å²) in [5.74, 6) is -1.89. The van der Waals surface area contributed by atoms with Gasteiger partial charge in [-0.1, -0.05) is 194 Å². The minimum absolute atomic E-state index is 0. The number of carbonyl (C=O) groups is 2. The molecule has 0 heterocycles. The fraction of sp³-hybridized carbons (Fsp3) is 0.947. The van der Waals surface area contributed by atoms with E-state index in [1.807, 2.05) is 0 Å². The fourth-order valence-electron chi connectivity index (χ4n) is 5.92. The van der Waals surface area contributed by atoms with Gasteiger partial charge < -0.3 is 9.47 Å². The molecule has 0 fully saturated rings. The normalized spacial score (nSPS) is 11.8. The second-order valence-electron chi connectivity index (χ2n) is 13.5. The molecule has 0 spiro atoms. The Hall–Kier alpha value is 0.850. The summed E-state index contributed by atoms with van der Waals surface area (Å²) in [6, 6.07) is 0. The zero-order valence-corrected chi connectivity index (χ0v) is 31.0. The van der Waals surface area contributed by atoms with Gasteiger partial charge in [-0.2, -0.15) is 8.42 Å². The first-order valence-electron chi connectivity index (χ1n) is 19.6. The molecule has 0 aliphatic carbocycles. The molecular weight excluding hydrogens is 646 g/mol. The Bertz CT molecular complexity index is 796. The average molecular weight is 723 g/mol. The molecule has 0 amide bonds. The Labute approximate surface area is 341 Å². The summed E-state index contributed by atoms with van der Waals surface area (Å²) in [6.07, 6.45) is 36.2. The van der Waals surface area contributed by atoms with Crippen molar-refractivity contribution in [2.24, 2.45) is 0 Å². The van der Waals surface area contributed by atoms with E-state index in [9.17, 15) is 22.6 Å². The van der Waals surface area contributed by atoms with Crippen molar-refractivity contribution < 1.29 is 32.0 Å². The van der Waals surface area contributed by atoms with E-state index in [4.69, 9.17) is 9.47 Å². The van der Waals surface area contributed by atoms with Crippen molar-refractivity contribution >= 4 is 81.2 Å². The first-order valence-corrected chi connectivity index (χ1v) is 21.1. The van der Waals surface area contributed by atoms with Crippen LogP contribution in [0.25, 0.3) is 0 Å². The van der Waals surface area contributed by atoms with Crippen molar-refractivity contribution in [1.29, 1.82) is 0 Å². The van der Waals surface area contributed by atoms with E-state index < -0.39 is 33.7 Å². The number of hydrogen-bond acceptors (Lipinski definition) is 6. The van der Waals surface area contributed by atoms with Crippen molar-refractivity contribution in [3.63, 3.8) is 0 Å². The first-order chi connectivity index (χ1) is 22.3. The van der Waals surface area contributed by atoms with E-state index in [2.05, 4.69) is 13.8 Å². The zero-order chi connectivity index (χ0) is 34.0. The number of carbonyl (C=O) groups excluding carboxylic acids is 2. The van der Waals surface area contributed by atoms with Gasteiger partial charge >= 0.3 is 71.1 Å².